The van der Waals surface area contributed by atoms with E-state index in [9.17, 15) is 9.59 Å². The van der Waals surface area contributed by atoms with Gasteiger partial charge in [-0.2, -0.15) is 0 Å². The number of hydrogen-bond acceptors (Lipinski definition) is 5. The van der Waals surface area contributed by atoms with Crippen LogP contribution in [-0.2, 0) is 27.3 Å². The van der Waals surface area contributed by atoms with Crippen molar-refractivity contribution < 1.29 is 19.1 Å². The van der Waals surface area contributed by atoms with E-state index in [1.165, 1.54) is 0 Å². The minimum absolute atomic E-state index is 0.127. The molecule has 0 saturated heterocycles. The fraction of sp³-hybridized carbons (Fsp3) is 0.250. The van der Waals surface area contributed by atoms with Crippen molar-refractivity contribution in [3.05, 3.63) is 52.2 Å². The Morgan fingerprint density at radius 3 is 2.59 bits per heavy atom. The van der Waals surface area contributed by atoms with Crippen LogP contribution in [0.1, 0.15) is 10.4 Å². The van der Waals surface area contributed by atoms with E-state index in [1.807, 2.05) is 17.5 Å². The molecule has 0 unspecified atom stereocenters. The van der Waals surface area contributed by atoms with Crippen molar-refractivity contribution in [1.29, 1.82) is 0 Å². The van der Waals surface area contributed by atoms with Gasteiger partial charge in [0.1, 0.15) is 5.75 Å². The van der Waals surface area contributed by atoms with Crippen LogP contribution in [0.3, 0.4) is 0 Å². The smallest absolute Gasteiger partial charge is 0.310 e. The van der Waals surface area contributed by atoms with E-state index in [0.29, 0.717) is 6.54 Å². The molecule has 0 saturated carbocycles. The molecule has 2 rings (SSSR count). The Hall–Kier alpha value is -2.34. The zero-order valence-corrected chi connectivity index (χ0v) is 13.0. The number of nitrogens with one attached hydrogen (secondary N) is 1. The topological polar surface area (TPSA) is 64.6 Å². The molecule has 0 aliphatic carbocycles. The Morgan fingerprint density at radius 1 is 1.18 bits per heavy atom. The summed E-state index contributed by atoms with van der Waals surface area (Å²) in [5.74, 6) is -0.0157. The molecular weight excluding hydrogens is 302 g/mol. The Balaban J connectivity index is 1.69. The van der Waals surface area contributed by atoms with E-state index >= 15 is 0 Å². The molecule has 0 spiro atoms. The maximum Gasteiger partial charge on any atom is 0.310 e. The first-order valence-electron chi connectivity index (χ1n) is 6.75. The molecule has 1 heterocycles. The number of esters is 1. The third kappa shape index (κ3) is 5.21. The van der Waals surface area contributed by atoms with E-state index in [2.05, 4.69) is 5.32 Å². The van der Waals surface area contributed by atoms with Gasteiger partial charge in [0, 0.05) is 4.88 Å². The number of benzene rings is 1. The van der Waals surface area contributed by atoms with Gasteiger partial charge in [0.15, 0.2) is 6.61 Å². The number of hydrogen-bond donors (Lipinski definition) is 1. The fourth-order valence-electron chi connectivity index (χ4n) is 1.76. The molecule has 1 N–H and O–H groups in total. The van der Waals surface area contributed by atoms with Gasteiger partial charge in [-0.1, -0.05) is 18.2 Å². The van der Waals surface area contributed by atoms with Crippen molar-refractivity contribution >= 4 is 23.2 Å². The van der Waals surface area contributed by atoms with Crippen LogP contribution in [0, 0.1) is 0 Å². The third-order valence-electron chi connectivity index (χ3n) is 2.91. The minimum atomic E-state index is -0.434. The van der Waals surface area contributed by atoms with Crippen LogP contribution < -0.4 is 10.1 Å². The van der Waals surface area contributed by atoms with Crippen LogP contribution in [0.25, 0.3) is 0 Å². The van der Waals surface area contributed by atoms with Crippen molar-refractivity contribution in [3.8, 4) is 5.75 Å². The predicted molar refractivity (Wildman–Crippen MR) is 83.8 cm³/mol. The number of amides is 1. The van der Waals surface area contributed by atoms with Crippen molar-refractivity contribution in [2.45, 2.75) is 13.0 Å². The molecular formula is C16H17NO4S. The minimum Gasteiger partial charge on any atom is -0.497 e. The first kappa shape index (κ1) is 16.0. The molecule has 2 aromatic rings. The van der Waals surface area contributed by atoms with Gasteiger partial charge in [-0.3, -0.25) is 9.59 Å². The third-order valence-corrected chi connectivity index (χ3v) is 3.79. The molecule has 1 aromatic heterocycles. The highest BCUT2D eigenvalue weighted by Gasteiger charge is 2.09. The standard InChI is InChI=1S/C16H17NO4S/c1-20-13-6-4-12(5-7-13)9-16(19)21-11-15(18)17-10-14-3-2-8-22-14/h2-8H,9-11H2,1H3,(H,17,18). The number of ether oxygens (including phenoxy) is 2. The van der Waals surface area contributed by atoms with Gasteiger partial charge in [0.25, 0.3) is 5.91 Å². The van der Waals surface area contributed by atoms with Crippen LogP contribution in [0.5, 0.6) is 5.75 Å². The largest absolute Gasteiger partial charge is 0.497 e. The van der Waals surface area contributed by atoms with Crippen LogP contribution in [0.4, 0.5) is 0 Å². The van der Waals surface area contributed by atoms with Gasteiger partial charge < -0.3 is 14.8 Å². The molecule has 22 heavy (non-hydrogen) atoms. The fourth-order valence-corrected chi connectivity index (χ4v) is 2.40. The summed E-state index contributed by atoms with van der Waals surface area (Å²) in [6, 6.07) is 11.0. The lowest BCUT2D eigenvalue weighted by Gasteiger charge is -2.06. The van der Waals surface area contributed by atoms with Gasteiger partial charge in [0.05, 0.1) is 20.1 Å². The Labute approximate surface area is 132 Å². The van der Waals surface area contributed by atoms with Crippen LogP contribution in [0.2, 0.25) is 0 Å². The quantitative estimate of drug-likeness (QED) is 0.794. The number of carbonyl (C=O) groups is 2. The van der Waals surface area contributed by atoms with E-state index in [-0.39, 0.29) is 18.9 Å². The zero-order valence-electron chi connectivity index (χ0n) is 12.2. The second-order valence-corrected chi connectivity index (χ2v) is 5.57. The van der Waals surface area contributed by atoms with Crippen molar-refractivity contribution in [2.75, 3.05) is 13.7 Å². The monoisotopic (exact) mass is 319 g/mol. The summed E-state index contributed by atoms with van der Waals surface area (Å²) in [4.78, 5) is 24.3. The van der Waals surface area contributed by atoms with Crippen molar-refractivity contribution in [1.82, 2.24) is 5.32 Å². The Morgan fingerprint density at radius 2 is 1.95 bits per heavy atom. The van der Waals surface area contributed by atoms with Gasteiger partial charge in [-0.05, 0) is 29.1 Å². The lowest BCUT2D eigenvalue weighted by molar-refractivity contribution is -0.147. The molecule has 0 bridgehead atoms. The molecule has 0 aliphatic heterocycles. The molecule has 0 aliphatic rings. The highest BCUT2D eigenvalue weighted by atomic mass is 32.1. The number of methoxy groups -OCH3 is 1. The van der Waals surface area contributed by atoms with E-state index < -0.39 is 5.97 Å². The number of thiophene rings is 1. The van der Waals surface area contributed by atoms with E-state index in [4.69, 9.17) is 9.47 Å². The lowest BCUT2D eigenvalue weighted by Crippen LogP contribution is -2.28. The lowest BCUT2D eigenvalue weighted by atomic mass is 10.1. The molecule has 1 aromatic carbocycles. The van der Waals surface area contributed by atoms with Gasteiger partial charge >= 0.3 is 5.97 Å². The average molecular weight is 319 g/mol. The molecule has 1 amide bonds. The SMILES string of the molecule is COc1ccc(CC(=O)OCC(=O)NCc2cccs2)cc1. The summed E-state index contributed by atoms with van der Waals surface area (Å²) < 4.78 is 10.00. The molecule has 0 fully saturated rings. The second-order valence-electron chi connectivity index (χ2n) is 4.54. The van der Waals surface area contributed by atoms with Crippen LogP contribution >= 0.6 is 11.3 Å². The normalized spacial score (nSPS) is 10.0. The predicted octanol–water partition coefficient (Wildman–Crippen LogP) is 2.16. The molecule has 0 atom stereocenters. The van der Waals surface area contributed by atoms with Crippen molar-refractivity contribution in [3.63, 3.8) is 0 Å². The highest BCUT2D eigenvalue weighted by molar-refractivity contribution is 7.09. The van der Waals surface area contributed by atoms with Gasteiger partial charge in [-0.15, -0.1) is 11.3 Å². The summed E-state index contributed by atoms with van der Waals surface area (Å²) in [6.45, 7) is 0.187. The highest BCUT2D eigenvalue weighted by Crippen LogP contribution is 2.12. The molecule has 0 radical (unpaired) electrons. The maximum absolute atomic E-state index is 11.7. The maximum atomic E-state index is 11.7. The number of carbonyl (C=O) groups excluding carboxylic acids is 2. The average Bonchev–Trinajstić information content (AvgIpc) is 3.05. The first-order chi connectivity index (χ1) is 10.7. The molecule has 6 heteroatoms. The second kappa shape index (κ2) is 8.19. The summed E-state index contributed by atoms with van der Waals surface area (Å²) >= 11 is 1.56. The summed E-state index contributed by atoms with van der Waals surface area (Å²) in [6.07, 6.45) is 0.127. The van der Waals surface area contributed by atoms with E-state index in [1.54, 1.807) is 42.7 Å². The Bertz CT molecular complexity index is 608. The Kier molecular flexibility index (Phi) is 5.97. The van der Waals surface area contributed by atoms with E-state index in [0.717, 1.165) is 16.2 Å². The van der Waals surface area contributed by atoms with Gasteiger partial charge in [0.2, 0.25) is 0 Å². The van der Waals surface area contributed by atoms with Crippen LogP contribution in [0.15, 0.2) is 41.8 Å². The van der Waals surface area contributed by atoms with Crippen molar-refractivity contribution in [2.24, 2.45) is 0 Å². The summed E-state index contributed by atoms with van der Waals surface area (Å²) in [7, 11) is 1.58. The summed E-state index contributed by atoms with van der Waals surface area (Å²) in [5.41, 5.74) is 0.810. The molecule has 5 nitrogen and oxygen atoms in total. The molecule has 116 valence electrons. The first-order valence-corrected chi connectivity index (χ1v) is 7.63. The van der Waals surface area contributed by atoms with Crippen LogP contribution in [-0.4, -0.2) is 25.6 Å². The number of rotatable bonds is 7. The zero-order chi connectivity index (χ0) is 15.8. The summed E-state index contributed by atoms with van der Waals surface area (Å²) in [5, 5.41) is 4.64. The van der Waals surface area contributed by atoms with Gasteiger partial charge in [-0.25, -0.2) is 0 Å².